The van der Waals surface area contributed by atoms with Crippen molar-refractivity contribution in [3.05, 3.63) is 27.1 Å². The van der Waals surface area contributed by atoms with E-state index in [1.807, 2.05) is 0 Å². The Bertz CT molecular complexity index is 609. The number of halogens is 2. The molecule has 0 spiro atoms. The number of rotatable bonds is 4. The lowest BCUT2D eigenvalue weighted by atomic mass is 10.0. The molecule has 21 heavy (non-hydrogen) atoms. The van der Waals surface area contributed by atoms with E-state index in [2.05, 4.69) is 31.9 Å². The normalized spacial score (nSPS) is 24.2. The van der Waals surface area contributed by atoms with Gasteiger partial charge in [-0.3, -0.25) is 0 Å². The molecule has 1 aliphatic heterocycles. The number of methoxy groups -OCH3 is 1. The second-order valence-corrected chi connectivity index (χ2v) is 8.59. The first-order valence-corrected chi connectivity index (χ1v) is 9.62. The Morgan fingerprint density at radius 2 is 2.14 bits per heavy atom. The summed E-state index contributed by atoms with van der Waals surface area (Å²) in [5.74, 6) is 0. The van der Waals surface area contributed by atoms with Crippen LogP contribution in [0.1, 0.15) is 12.8 Å². The first kappa shape index (κ1) is 17.4. The Balaban J connectivity index is 2.34. The highest BCUT2D eigenvalue weighted by atomic mass is 79.9. The average Bonchev–Trinajstić information content (AvgIpc) is 2.46. The van der Waals surface area contributed by atoms with Crippen LogP contribution >= 0.6 is 31.9 Å². The largest absolute Gasteiger partial charge is 0.381 e. The van der Waals surface area contributed by atoms with E-state index in [0.717, 1.165) is 4.47 Å². The molecule has 1 saturated heterocycles. The van der Waals surface area contributed by atoms with E-state index in [4.69, 9.17) is 10.5 Å². The van der Waals surface area contributed by atoms with Crippen molar-refractivity contribution in [3.8, 4) is 0 Å². The van der Waals surface area contributed by atoms with E-state index in [9.17, 15) is 8.42 Å². The van der Waals surface area contributed by atoms with Crippen LogP contribution in [0.2, 0.25) is 0 Å². The van der Waals surface area contributed by atoms with Crippen LogP contribution in [-0.2, 0) is 14.8 Å². The van der Waals surface area contributed by atoms with Gasteiger partial charge in [-0.2, -0.15) is 4.31 Å². The van der Waals surface area contributed by atoms with Gasteiger partial charge in [0.2, 0.25) is 10.0 Å². The van der Waals surface area contributed by atoms with Gasteiger partial charge in [0.15, 0.2) is 0 Å². The lowest BCUT2D eigenvalue weighted by Gasteiger charge is -2.37. The molecule has 0 bridgehead atoms. The van der Waals surface area contributed by atoms with Crippen molar-refractivity contribution >= 4 is 41.9 Å². The van der Waals surface area contributed by atoms with Crippen molar-refractivity contribution in [2.75, 3.05) is 20.2 Å². The van der Waals surface area contributed by atoms with E-state index < -0.39 is 10.0 Å². The minimum absolute atomic E-state index is 0.0679. The first-order valence-electron chi connectivity index (χ1n) is 6.60. The average molecular weight is 442 g/mol. The van der Waals surface area contributed by atoms with E-state index in [1.165, 1.54) is 4.31 Å². The van der Waals surface area contributed by atoms with Gasteiger partial charge < -0.3 is 10.5 Å². The van der Waals surface area contributed by atoms with Crippen LogP contribution in [0, 0.1) is 0 Å². The molecule has 0 amide bonds. The third kappa shape index (κ3) is 3.68. The van der Waals surface area contributed by atoms with Crippen LogP contribution in [0.5, 0.6) is 0 Å². The van der Waals surface area contributed by atoms with Gasteiger partial charge in [-0.15, -0.1) is 0 Å². The highest BCUT2D eigenvalue weighted by molar-refractivity contribution is 9.11. The Kier molecular flexibility index (Phi) is 5.84. The van der Waals surface area contributed by atoms with Crippen LogP contribution < -0.4 is 5.73 Å². The van der Waals surface area contributed by atoms with E-state index >= 15 is 0 Å². The summed E-state index contributed by atoms with van der Waals surface area (Å²) >= 11 is 6.65. The number of hydrogen-bond donors (Lipinski definition) is 1. The molecule has 1 heterocycles. The molecule has 0 saturated carbocycles. The minimum atomic E-state index is -3.57. The molecule has 2 atom stereocenters. The summed E-state index contributed by atoms with van der Waals surface area (Å²) < 4.78 is 33.9. The molecular weight excluding hydrogens is 424 g/mol. The molecule has 2 N–H and O–H groups in total. The van der Waals surface area contributed by atoms with Gasteiger partial charge in [-0.1, -0.05) is 15.9 Å². The Morgan fingerprint density at radius 3 is 2.71 bits per heavy atom. The molecule has 1 aromatic rings. The van der Waals surface area contributed by atoms with E-state index in [-0.39, 0.29) is 23.6 Å². The summed E-state index contributed by atoms with van der Waals surface area (Å²) in [6.45, 7) is 0.707. The lowest BCUT2D eigenvalue weighted by molar-refractivity contribution is 0.0401. The van der Waals surface area contributed by atoms with Gasteiger partial charge in [0.25, 0.3) is 0 Å². The fraction of sp³-hybridized carbons (Fsp3) is 0.538. The van der Waals surface area contributed by atoms with Crippen LogP contribution in [-0.4, -0.2) is 45.1 Å². The highest BCUT2D eigenvalue weighted by Gasteiger charge is 2.37. The van der Waals surface area contributed by atoms with Crippen molar-refractivity contribution < 1.29 is 13.2 Å². The number of sulfonamides is 1. The summed E-state index contributed by atoms with van der Waals surface area (Å²) in [7, 11) is -1.93. The van der Waals surface area contributed by atoms with Crippen LogP contribution in [0.3, 0.4) is 0 Å². The number of nitrogens with two attached hydrogens (primary N) is 1. The van der Waals surface area contributed by atoms with E-state index in [0.29, 0.717) is 23.9 Å². The first-order chi connectivity index (χ1) is 9.90. The number of benzene rings is 1. The fourth-order valence-corrected chi connectivity index (χ4v) is 5.92. The Morgan fingerprint density at radius 1 is 1.43 bits per heavy atom. The zero-order valence-corrected chi connectivity index (χ0v) is 15.6. The predicted octanol–water partition coefficient (Wildman–Crippen LogP) is 2.34. The second kappa shape index (κ2) is 7.06. The number of piperidine rings is 1. The van der Waals surface area contributed by atoms with Crippen molar-refractivity contribution in [1.29, 1.82) is 0 Å². The quantitative estimate of drug-likeness (QED) is 0.778. The summed E-state index contributed by atoms with van der Waals surface area (Å²) in [4.78, 5) is 0.264. The zero-order valence-electron chi connectivity index (χ0n) is 11.6. The van der Waals surface area contributed by atoms with Crippen molar-refractivity contribution in [2.24, 2.45) is 5.73 Å². The summed E-state index contributed by atoms with van der Waals surface area (Å²) in [6.07, 6.45) is 1.37. The molecule has 2 unspecified atom stereocenters. The molecule has 1 aliphatic rings. The van der Waals surface area contributed by atoms with Gasteiger partial charge in [0, 0.05) is 35.2 Å². The molecular formula is C13H18Br2N2O3S. The van der Waals surface area contributed by atoms with Crippen LogP contribution in [0.4, 0.5) is 0 Å². The minimum Gasteiger partial charge on any atom is -0.381 e. The maximum Gasteiger partial charge on any atom is 0.244 e. The maximum atomic E-state index is 12.9. The molecule has 118 valence electrons. The topological polar surface area (TPSA) is 72.6 Å². The predicted molar refractivity (Wildman–Crippen MR) is 88.6 cm³/mol. The van der Waals surface area contributed by atoms with Gasteiger partial charge in [0.1, 0.15) is 0 Å². The van der Waals surface area contributed by atoms with Crippen molar-refractivity contribution in [3.63, 3.8) is 0 Å². The van der Waals surface area contributed by atoms with Crippen LogP contribution in [0.15, 0.2) is 32.0 Å². The summed E-state index contributed by atoms with van der Waals surface area (Å²) in [5, 5.41) is 0. The lowest BCUT2D eigenvalue weighted by Crippen LogP contribution is -2.51. The maximum absolute atomic E-state index is 12.9. The van der Waals surface area contributed by atoms with Crippen molar-refractivity contribution in [2.45, 2.75) is 29.9 Å². The van der Waals surface area contributed by atoms with Gasteiger partial charge in [0.05, 0.1) is 11.0 Å². The van der Waals surface area contributed by atoms with Crippen LogP contribution in [0.25, 0.3) is 0 Å². The molecule has 0 aromatic heterocycles. The molecule has 1 aromatic carbocycles. The monoisotopic (exact) mass is 440 g/mol. The van der Waals surface area contributed by atoms with E-state index in [1.54, 1.807) is 25.3 Å². The number of hydrogen-bond acceptors (Lipinski definition) is 4. The zero-order chi connectivity index (χ0) is 15.6. The second-order valence-electron chi connectivity index (χ2n) is 4.96. The third-order valence-corrected chi connectivity index (χ3v) is 7.12. The summed E-state index contributed by atoms with van der Waals surface area (Å²) in [5.41, 5.74) is 5.77. The molecule has 0 aliphatic carbocycles. The summed E-state index contributed by atoms with van der Waals surface area (Å²) in [6, 6.07) is 4.81. The fourth-order valence-electron chi connectivity index (χ4n) is 2.55. The Labute approximate surface area is 142 Å². The molecule has 2 rings (SSSR count). The third-order valence-electron chi connectivity index (χ3n) is 3.70. The van der Waals surface area contributed by atoms with Gasteiger partial charge in [-0.25, -0.2) is 8.42 Å². The molecule has 1 fully saturated rings. The van der Waals surface area contributed by atoms with Gasteiger partial charge >= 0.3 is 0 Å². The smallest absolute Gasteiger partial charge is 0.244 e. The number of ether oxygens (including phenoxy) is 1. The van der Waals surface area contributed by atoms with Gasteiger partial charge in [-0.05, 0) is 47.0 Å². The molecule has 0 radical (unpaired) electrons. The highest BCUT2D eigenvalue weighted by Crippen LogP contribution is 2.31. The molecule has 8 heteroatoms. The standard InChI is InChI=1S/C13H18Br2N2O3S/c1-20-11-4-5-17(10(7-11)8-16)21(18,19)13-3-2-9(14)6-12(13)15/h2-3,6,10-11H,4-5,7-8,16H2,1H3. The SMILES string of the molecule is COC1CCN(S(=O)(=O)c2ccc(Br)cc2Br)C(CN)C1. The molecule has 5 nitrogen and oxygen atoms in total. The Hall–Kier alpha value is 0.01000. The number of nitrogens with zero attached hydrogens (tertiary/aromatic N) is 1. The van der Waals surface area contributed by atoms with Crippen molar-refractivity contribution in [1.82, 2.24) is 4.31 Å².